The predicted octanol–water partition coefficient (Wildman–Crippen LogP) is 6.84. The number of hydrogen-bond acceptors (Lipinski definition) is 7. The zero-order valence-corrected chi connectivity index (χ0v) is 23.9. The molecule has 0 fully saturated rings. The molecule has 0 saturated carbocycles. The van der Waals surface area contributed by atoms with Crippen LogP contribution < -0.4 is 11.1 Å². The van der Waals surface area contributed by atoms with E-state index in [1.54, 1.807) is 24.3 Å². The third-order valence-electron chi connectivity index (χ3n) is 6.79. The number of carbonyl (C=O) groups is 3. The molecule has 1 aliphatic rings. The molecule has 1 atom stereocenters. The first-order valence-electron chi connectivity index (χ1n) is 14.0. The van der Waals surface area contributed by atoms with Gasteiger partial charge in [-0.25, -0.2) is 4.79 Å². The highest BCUT2D eigenvalue weighted by Gasteiger charge is 2.29. The van der Waals surface area contributed by atoms with Gasteiger partial charge in [-0.1, -0.05) is 73.2 Å². The van der Waals surface area contributed by atoms with E-state index in [0.717, 1.165) is 22.3 Å². The lowest BCUT2D eigenvalue weighted by Gasteiger charge is -2.19. The Labute approximate surface area is 241 Å². The molecule has 1 amide bonds. The molecule has 3 N–H and O–H groups in total. The Bertz CT molecular complexity index is 1330. The number of rotatable bonds is 11. The average Bonchev–Trinajstić information content (AvgIpc) is 3.24. The fourth-order valence-electron chi connectivity index (χ4n) is 4.98. The molecule has 8 heteroatoms. The fraction of sp³-hybridized carbons (Fsp3) is 0.364. The van der Waals surface area contributed by atoms with Crippen LogP contribution in [0.15, 0.2) is 72.8 Å². The Hall–Kier alpha value is -4.17. The largest absolute Gasteiger partial charge is 0.460 e. The first-order chi connectivity index (χ1) is 19.6. The van der Waals surface area contributed by atoms with Gasteiger partial charge in [0.2, 0.25) is 0 Å². The summed E-state index contributed by atoms with van der Waals surface area (Å²) < 4.78 is 16.4. The molecule has 0 spiro atoms. The predicted molar refractivity (Wildman–Crippen MR) is 157 cm³/mol. The minimum Gasteiger partial charge on any atom is -0.460 e. The van der Waals surface area contributed by atoms with Crippen LogP contribution in [0.3, 0.4) is 0 Å². The number of nitrogens with two attached hydrogens (primary N) is 1. The van der Waals surface area contributed by atoms with Crippen molar-refractivity contribution in [2.45, 2.75) is 70.6 Å². The lowest BCUT2D eigenvalue weighted by molar-refractivity contribution is -0.154. The van der Waals surface area contributed by atoms with Gasteiger partial charge in [-0.3, -0.25) is 20.6 Å². The normalized spacial score (nSPS) is 13.1. The summed E-state index contributed by atoms with van der Waals surface area (Å²) in [5.74, 6) is -0.760. The van der Waals surface area contributed by atoms with Gasteiger partial charge in [0.1, 0.15) is 12.2 Å². The van der Waals surface area contributed by atoms with E-state index in [1.165, 1.54) is 0 Å². The summed E-state index contributed by atoms with van der Waals surface area (Å²) in [6.45, 7) is 5.66. The van der Waals surface area contributed by atoms with Crippen molar-refractivity contribution in [3.8, 4) is 11.1 Å². The number of hydrogen-bond donors (Lipinski definition) is 2. The Morgan fingerprint density at radius 1 is 0.805 bits per heavy atom. The molecule has 1 aliphatic carbocycles. The Morgan fingerprint density at radius 2 is 1.37 bits per heavy atom. The molecule has 3 aromatic rings. The lowest BCUT2D eigenvalue weighted by atomic mass is 9.98. The fourth-order valence-corrected chi connectivity index (χ4v) is 4.98. The SMILES string of the molecule is CC(C)(C)OC(=O)CCCCCC(=O)OC(N)c1ccccc1NC(=O)OCC1c2ccccc2-c2ccccc21. The lowest BCUT2D eigenvalue weighted by Crippen LogP contribution is -2.23. The number of unbranched alkanes of at least 4 members (excludes halogenated alkanes) is 2. The van der Waals surface area contributed by atoms with Gasteiger partial charge in [-0.2, -0.15) is 0 Å². The molecular formula is C33H38N2O6. The van der Waals surface area contributed by atoms with Crippen molar-refractivity contribution in [3.05, 3.63) is 89.5 Å². The molecule has 41 heavy (non-hydrogen) atoms. The molecule has 0 saturated heterocycles. The molecule has 0 radical (unpaired) electrons. The topological polar surface area (TPSA) is 117 Å². The quantitative estimate of drug-likeness (QED) is 0.114. The van der Waals surface area contributed by atoms with Gasteiger partial charge < -0.3 is 14.2 Å². The Morgan fingerprint density at radius 3 is 2.00 bits per heavy atom. The van der Waals surface area contributed by atoms with Gasteiger partial charge >= 0.3 is 18.0 Å². The summed E-state index contributed by atoms with van der Waals surface area (Å²) in [6.07, 6.45) is 0.667. The number of benzene rings is 3. The summed E-state index contributed by atoms with van der Waals surface area (Å²) in [4.78, 5) is 37.0. The van der Waals surface area contributed by atoms with Crippen molar-refractivity contribution in [2.24, 2.45) is 5.73 Å². The zero-order chi connectivity index (χ0) is 29.4. The van der Waals surface area contributed by atoms with Gasteiger partial charge in [0, 0.05) is 24.3 Å². The summed E-state index contributed by atoms with van der Waals surface area (Å²) in [5, 5.41) is 2.75. The van der Waals surface area contributed by atoms with Crippen molar-refractivity contribution in [1.29, 1.82) is 0 Å². The van der Waals surface area contributed by atoms with Gasteiger partial charge in [0.15, 0.2) is 6.23 Å². The van der Waals surface area contributed by atoms with E-state index in [9.17, 15) is 14.4 Å². The highest BCUT2D eigenvalue weighted by molar-refractivity contribution is 5.86. The number of ether oxygens (including phenoxy) is 3. The second-order valence-electron chi connectivity index (χ2n) is 11.1. The maximum Gasteiger partial charge on any atom is 0.411 e. The van der Waals surface area contributed by atoms with Crippen LogP contribution in [-0.2, 0) is 23.8 Å². The molecule has 0 heterocycles. The third kappa shape index (κ3) is 8.17. The molecule has 0 aromatic heterocycles. The number of fused-ring (bicyclic) bond motifs is 3. The van der Waals surface area contributed by atoms with E-state index in [4.69, 9.17) is 19.9 Å². The number of para-hydroxylation sites is 1. The molecule has 0 bridgehead atoms. The molecule has 8 nitrogen and oxygen atoms in total. The van der Waals surface area contributed by atoms with Crippen molar-refractivity contribution in [1.82, 2.24) is 0 Å². The molecular weight excluding hydrogens is 520 g/mol. The first-order valence-corrected chi connectivity index (χ1v) is 14.0. The van der Waals surface area contributed by atoms with E-state index in [1.807, 2.05) is 45.0 Å². The molecule has 0 aliphatic heterocycles. The standard InChI is InChI=1S/C33H38N2O6/c1-33(2,3)41-30(37)20-6-4-5-19-29(36)40-31(34)26-17-11-12-18-28(26)35-32(38)39-21-27-24-15-9-7-13-22(24)23-14-8-10-16-25(23)27/h7-18,27,31H,4-6,19-21,34H2,1-3H3,(H,35,38). The van der Waals surface area contributed by atoms with Crippen molar-refractivity contribution >= 4 is 23.7 Å². The highest BCUT2D eigenvalue weighted by Crippen LogP contribution is 2.44. The Kier molecular flexibility index (Phi) is 9.78. The van der Waals surface area contributed by atoms with Gasteiger partial charge in [0.05, 0.1) is 5.69 Å². The maximum absolute atomic E-state index is 12.8. The highest BCUT2D eigenvalue weighted by atomic mass is 16.6. The zero-order valence-electron chi connectivity index (χ0n) is 23.9. The van der Waals surface area contributed by atoms with Gasteiger partial charge in [0.25, 0.3) is 0 Å². The number of amides is 1. The minimum absolute atomic E-state index is 0.0595. The van der Waals surface area contributed by atoms with Crippen LogP contribution in [0.2, 0.25) is 0 Å². The minimum atomic E-state index is -1.06. The number of carbonyl (C=O) groups excluding carboxylic acids is 3. The van der Waals surface area contributed by atoms with Crippen LogP contribution in [0.1, 0.15) is 81.7 Å². The number of anilines is 1. The number of esters is 2. The second kappa shape index (κ2) is 13.5. The van der Waals surface area contributed by atoms with Gasteiger partial charge in [-0.15, -0.1) is 0 Å². The molecule has 3 aromatic carbocycles. The van der Waals surface area contributed by atoms with Crippen LogP contribution in [0.25, 0.3) is 11.1 Å². The molecule has 216 valence electrons. The second-order valence-corrected chi connectivity index (χ2v) is 11.1. The van der Waals surface area contributed by atoms with Crippen LogP contribution >= 0.6 is 0 Å². The summed E-state index contributed by atoms with van der Waals surface area (Å²) in [5.41, 5.74) is 11.1. The summed E-state index contributed by atoms with van der Waals surface area (Å²) in [6, 6.07) is 23.1. The molecule has 1 unspecified atom stereocenters. The van der Waals surface area contributed by atoms with Crippen LogP contribution in [-0.4, -0.2) is 30.2 Å². The Balaban J connectivity index is 1.26. The van der Waals surface area contributed by atoms with Crippen LogP contribution in [0.4, 0.5) is 10.5 Å². The van der Waals surface area contributed by atoms with Crippen molar-refractivity contribution in [2.75, 3.05) is 11.9 Å². The first kappa shape index (κ1) is 29.8. The summed E-state index contributed by atoms with van der Waals surface area (Å²) in [7, 11) is 0. The van der Waals surface area contributed by atoms with E-state index in [0.29, 0.717) is 36.9 Å². The van der Waals surface area contributed by atoms with E-state index >= 15 is 0 Å². The summed E-state index contributed by atoms with van der Waals surface area (Å²) >= 11 is 0. The van der Waals surface area contributed by atoms with E-state index in [2.05, 4.69) is 29.6 Å². The van der Waals surface area contributed by atoms with Crippen molar-refractivity contribution < 1.29 is 28.6 Å². The number of nitrogens with one attached hydrogen (secondary N) is 1. The smallest absolute Gasteiger partial charge is 0.411 e. The van der Waals surface area contributed by atoms with Crippen molar-refractivity contribution in [3.63, 3.8) is 0 Å². The third-order valence-corrected chi connectivity index (χ3v) is 6.79. The average molecular weight is 559 g/mol. The monoisotopic (exact) mass is 558 g/mol. The molecule has 4 rings (SSSR count). The van der Waals surface area contributed by atoms with E-state index in [-0.39, 0.29) is 24.9 Å². The van der Waals surface area contributed by atoms with E-state index < -0.39 is 23.9 Å². The maximum atomic E-state index is 12.8. The van der Waals surface area contributed by atoms with Gasteiger partial charge in [-0.05, 0) is 61.9 Å². The van der Waals surface area contributed by atoms with Crippen LogP contribution in [0, 0.1) is 0 Å². The van der Waals surface area contributed by atoms with Crippen LogP contribution in [0.5, 0.6) is 0 Å².